The molecule has 2 atom stereocenters. The van der Waals surface area contributed by atoms with E-state index in [1.807, 2.05) is 31.2 Å². The zero-order chi connectivity index (χ0) is 13.2. The molecule has 0 aromatic heterocycles. The summed E-state index contributed by atoms with van der Waals surface area (Å²) in [7, 11) is 0. The molecule has 1 nitrogen and oxygen atoms in total. The zero-order valence-electron chi connectivity index (χ0n) is 10.4. The Labute approximate surface area is 105 Å². The third kappa shape index (κ3) is 3.48. The predicted octanol–water partition coefficient (Wildman–Crippen LogP) is 3.61. The van der Waals surface area contributed by atoms with Gasteiger partial charge in [-0.2, -0.15) is 13.2 Å². The summed E-state index contributed by atoms with van der Waals surface area (Å²) < 4.78 is 37.9. The minimum Gasteiger partial charge on any atom is -0.303 e. The Hall–Kier alpha value is -1.03. The van der Waals surface area contributed by atoms with Crippen LogP contribution in [0.15, 0.2) is 24.3 Å². The fourth-order valence-corrected chi connectivity index (χ4v) is 2.45. The van der Waals surface area contributed by atoms with Gasteiger partial charge in [0, 0.05) is 6.04 Å². The molecule has 4 heteroatoms. The second-order valence-electron chi connectivity index (χ2n) is 5.08. The fraction of sp³-hybridized carbons (Fsp3) is 0.571. The molecule has 1 aliphatic rings. The first-order chi connectivity index (χ1) is 8.45. The molecule has 1 N–H and O–H groups in total. The highest BCUT2D eigenvalue weighted by molar-refractivity contribution is 5.22. The van der Waals surface area contributed by atoms with Crippen molar-refractivity contribution in [1.29, 1.82) is 0 Å². The van der Waals surface area contributed by atoms with E-state index in [9.17, 15) is 13.2 Å². The van der Waals surface area contributed by atoms with Crippen LogP contribution in [0.4, 0.5) is 13.2 Å². The molecule has 1 saturated heterocycles. The molecule has 0 amide bonds. The molecule has 0 saturated carbocycles. The van der Waals surface area contributed by atoms with E-state index >= 15 is 0 Å². The van der Waals surface area contributed by atoms with Crippen LogP contribution in [0, 0.1) is 6.92 Å². The predicted molar refractivity (Wildman–Crippen MR) is 65.5 cm³/mol. The number of aryl methyl sites for hydroxylation is 1. The summed E-state index contributed by atoms with van der Waals surface area (Å²) in [5.41, 5.74) is 2.27. The second kappa shape index (κ2) is 5.31. The molecular weight excluding hydrogens is 239 g/mol. The van der Waals surface area contributed by atoms with Crippen molar-refractivity contribution in [3.63, 3.8) is 0 Å². The molecule has 100 valence electrons. The van der Waals surface area contributed by atoms with E-state index < -0.39 is 12.2 Å². The SMILES string of the molecule is Cc1ccc(CC2CCCC(C(F)(F)F)N2)cc1. The number of piperidine rings is 1. The Morgan fingerprint density at radius 2 is 1.83 bits per heavy atom. The molecule has 2 unspecified atom stereocenters. The van der Waals surface area contributed by atoms with Crippen molar-refractivity contribution in [2.45, 2.75) is 50.9 Å². The van der Waals surface area contributed by atoms with E-state index in [1.54, 1.807) is 0 Å². The number of halogens is 3. The van der Waals surface area contributed by atoms with Gasteiger partial charge in [0.05, 0.1) is 0 Å². The van der Waals surface area contributed by atoms with Crippen molar-refractivity contribution in [2.75, 3.05) is 0 Å². The maximum atomic E-state index is 12.6. The van der Waals surface area contributed by atoms with E-state index in [0.29, 0.717) is 12.8 Å². The quantitative estimate of drug-likeness (QED) is 0.853. The first-order valence-electron chi connectivity index (χ1n) is 6.33. The lowest BCUT2D eigenvalue weighted by Crippen LogP contribution is -2.50. The van der Waals surface area contributed by atoms with Crippen LogP contribution < -0.4 is 5.32 Å². The summed E-state index contributed by atoms with van der Waals surface area (Å²) in [4.78, 5) is 0. The monoisotopic (exact) mass is 257 g/mol. The van der Waals surface area contributed by atoms with Crippen LogP contribution in [0.25, 0.3) is 0 Å². The topological polar surface area (TPSA) is 12.0 Å². The molecule has 1 aliphatic heterocycles. The van der Waals surface area contributed by atoms with E-state index in [4.69, 9.17) is 0 Å². The summed E-state index contributed by atoms with van der Waals surface area (Å²) in [6, 6.07) is 6.59. The van der Waals surface area contributed by atoms with E-state index in [1.165, 1.54) is 5.56 Å². The minimum atomic E-state index is -4.12. The second-order valence-corrected chi connectivity index (χ2v) is 5.08. The van der Waals surface area contributed by atoms with E-state index in [2.05, 4.69) is 5.32 Å². The maximum Gasteiger partial charge on any atom is 0.403 e. The van der Waals surface area contributed by atoms with Gasteiger partial charge in [-0.3, -0.25) is 0 Å². The van der Waals surface area contributed by atoms with Gasteiger partial charge in [-0.15, -0.1) is 0 Å². The minimum absolute atomic E-state index is 0.0620. The Morgan fingerprint density at radius 3 is 2.44 bits per heavy atom. The van der Waals surface area contributed by atoms with Gasteiger partial charge in [-0.25, -0.2) is 0 Å². The van der Waals surface area contributed by atoms with E-state index in [-0.39, 0.29) is 12.5 Å². The first-order valence-corrected chi connectivity index (χ1v) is 6.33. The average molecular weight is 257 g/mol. The van der Waals surface area contributed by atoms with Crippen LogP contribution in [-0.4, -0.2) is 18.3 Å². The largest absolute Gasteiger partial charge is 0.403 e. The summed E-state index contributed by atoms with van der Waals surface area (Å²) in [5, 5.41) is 2.73. The number of hydrogen-bond acceptors (Lipinski definition) is 1. The van der Waals surface area contributed by atoms with Gasteiger partial charge in [0.1, 0.15) is 6.04 Å². The molecule has 0 spiro atoms. The summed E-state index contributed by atoms with van der Waals surface area (Å²) in [6.07, 6.45) is -1.78. The highest BCUT2D eigenvalue weighted by Crippen LogP contribution is 2.28. The number of alkyl halides is 3. The summed E-state index contributed by atoms with van der Waals surface area (Å²) in [6.45, 7) is 2.00. The molecule has 0 aliphatic carbocycles. The van der Waals surface area contributed by atoms with Crippen LogP contribution in [0.2, 0.25) is 0 Å². The molecule has 1 aromatic rings. The lowest BCUT2D eigenvalue weighted by atomic mass is 9.93. The van der Waals surface area contributed by atoms with Gasteiger partial charge >= 0.3 is 6.18 Å². The molecule has 2 rings (SSSR count). The zero-order valence-corrected chi connectivity index (χ0v) is 10.4. The van der Waals surface area contributed by atoms with Crippen molar-refractivity contribution >= 4 is 0 Å². The highest BCUT2D eigenvalue weighted by Gasteiger charge is 2.41. The summed E-state index contributed by atoms with van der Waals surface area (Å²) >= 11 is 0. The van der Waals surface area contributed by atoms with Crippen molar-refractivity contribution in [3.05, 3.63) is 35.4 Å². The third-order valence-corrected chi connectivity index (χ3v) is 3.48. The Balaban J connectivity index is 1.95. The Bertz CT molecular complexity index is 383. The summed E-state index contributed by atoms with van der Waals surface area (Å²) in [5.74, 6) is 0. The molecule has 18 heavy (non-hydrogen) atoms. The molecular formula is C14H18F3N. The van der Waals surface area contributed by atoms with Crippen molar-refractivity contribution in [3.8, 4) is 0 Å². The van der Waals surface area contributed by atoms with Gasteiger partial charge < -0.3 is 5.32 Å². The van der Waals surface area contributed by atoms with Crippen LogP contribution >= 0.6 is 0 Å². The normalized spacial score (nSPS) is 25.1. The van der Waals surface area contributed by atoms with Crippen LogP contribution in [0.1, 0.15) is 30.4 Å². The maximum absolute atomic E-state index is 12.6. The highest BCUT2D eigenvalue weighted by atomic mass is 19.4. The fourth-order valence-electron chi connectivity index (χ4n) is 2.45. The number of benzene rings is 1. The first kappa shape index (κ1) is 13.4. The van der Waals surface area contributed by atoms with Gasteiger partial charge in [0.2, 0.25) is 0 Å². The van der Waals surface area contributed by atoms with Gasteiger partial charge in [-0.1, -0.05) is 29.8 Å². The lowest BCUT2D eigenvalue weighted by molar-refractivity contribution is -0.163. The van der Waals surface area contributed by atoms with E-state index in [0.717, 1.165) is 12.0 Å². The molecule has 0 bridgehead atoms. The van der Waals surface area contributed by atoms with Gasteiger partial charge in [0.15, 0.2) is 0 Å². The molecule has 1 aromatic carbocycles. The van der Waals surface area contributed by atoms with Crippen LogP contribution in [0.3, 0.4) is 0 Å². The Morgan fingerprint density at radius 1 is 1.17 bits per heavy atom. The Kier molecular flexibility index (Phi) is 3.95. The van der Waals surface area contributed by atoms with Crippen molar-refractivity contribution in [2.24, 2.45) is 0 Å². The number of rotatable bonds is 2. The van der Waals surface area contributed by atoms with Gasteiger partial charge in [-0.05, 0) is 38.2 Å². The van der Waals surface area contributed by atoms with Crippen molar-refractivity contribution in [1.82, 2.24) is 5.32 Å². The average Bonchev–Trinajstić information content (AvgIpc) is 2.31. The van der Waals surface area contributed by atoms with Gasteiger partial charge in [0.25, 0.3) is 0 Å². The third-order valence-electron chi connectivity index (χ3n) is 3.48. The van der Waals surface area contributed by atoms with Crippen LogP contribution in [0.5, 0.6) is 0 Å². The standard InChI is InChI=1S/C14H18F3N/c1-10-5-7-11(8-6-10)9-12-3-2-4-13(18-12)14(15,16)17/h5-8,12-13,18H,2-4,9H2,1H3. The lowest BCUT2D eigenvalue weighted by Gasteiger charge is -2.32. The number of hydrogen-bond donors (Lipinski definition) is 1. The smallest absolute Gasteiger partial charge is 0.303 e. The molecule has 0 radical (unpaired) electrons. The van der Waals surface area contributed by atoms with Crippen LogP contribution in [-0.2, 0) is 6.42 Å². The number of nitrogens with one attached hydrogen (secondary N) is 1. The van der Waals surface area contributed by atoms with Crippen molar-refractivity contribution < 1.29 is 13.2 Å². The molecule has 1 fully saturated rings. The molecule has 1 heterocycles.